The van der Waals surface area contributed by atoms with Gasteiger partial charge in [-0.15, -0.1) is 0 Å². The number of hydrogen-bond acceptors (Lipinski definition) is 4. The average molecular weight is 624 g/mol. The number of rotatable bonds is 11. The third-order valence-electron chi connectivity index (χ3n) is 7.19. The molecule has 11 heteroatoms. The largest absolute Gasteiger partial charge is 0.416 e. The summed E-state index contributed by atoms with van der Waals surface area (Å²) in [5, 5.41) is 2.60. The zero-order valence-corrected chi connectivity index (χ0v) is 25.0. The van der Waals surface area contributed by atoms with E-state index in [9.17, 15) is 31.2 Å². The molecule has 0 aliphatic rings. The van der Waals surface area contributed by atoms with Crippen LogP contribution in [0.25, 0.3) is 0 Å². The Labute approximate surface area is 255 Å². The Bertz CT molecular complexity index is 1700. The number of amides is 2. The first kappa shape index (κ1) is 32.3. The van der Waals surface area contributed by atoms with Crippen LogP contribution in [0.4, 0.5) is 18.9 Å². The van der Waals surface area contributed by atoms with Crippen LogP contribution in [0.2, 0.25) is 0 Å². The second kappa shape index (κ2) is 13.8. The molecule has 0 saturated heterocycles. The number of nitrogens with one attached hydrogen (secondary N) is 1. The van der Waals surface area contributed by atoms with Crippen molar-refractivity contribution in [3.8, 4) is 0 Å². The maximum absolute atomic E-state index is 14.3. The van der Waals surface area contributed by atoms with Gasteiger partial charge in [-0.1, -0.05) is 78.9 Å². The Morgan fingerprint density at radius 3 is 2.07 bits per heavy atom. The Morgan fingerprint density at radius 2 is 1.45 bits per heavy atom. The molecule has 1 atom stereocenters. The molecule has 0 saturated carbocycles. The highest BCUT2D eigenvalue weighted by molar-refractivity contribution is 7.92. The van der Waals surface area contributed by atoms with E-state index in [2.05, 4.69) is 5.32 Å². The lowest BCUT2D eigenvalue weighted by molar-refractivity contribution is -0.139. The first-order valence-electron chi connectivity index (χ1n) is 13.8. The molecule has 0 spiro atoms. The molecule has 0 aromatic heterocycles. The van der Waals surface area contributed by atoms with Crippen LogP contribution in [0.15, 0.2) is 114 Å². The number of alkyl halides is 3. The summed E-state index contributed by atoms with van der Waals surface area (Å²) in [6.07, 6.45) is -4.63. The van der Waals surface area contributed by atoms with Crippen molar-refractivity contribution in [2.75, 3.05) is 17.9 Å². The van der Waals surface area contributed by atoms with Gasteiger partial charge in [0.25, 0.3) is 10.0 Å². The van der Waals surface area contributed by atoms with Gasteiger partial charge in [-0.05, 0) is 53.9 Å². The van der Waals surface area contributed by atoms with Crippen molar-refractivity contribution in [3.05, 3.63) is 131 Å². The summed E-state index contributed by atoms with van der Waals surface area (Å²) in [4.78, 5) is 28.7. The zero-order valence-electron chi connectivity index (χ0n) is 24.2. The van der Waals surface area contributed by atoms with Crippen LogP contribution in [0.5, 0.6) is 0 Å². The van der Waals surface area contributed by atoms with E-state index in [4.69, 9.17) is 0 Å². The van der Waals surface area contributed by atoms with Gasteiger partial charge in [-0.2, -0.15) is 13.2 Å². The van der Waals surface area contributed by atoms with Crippen molar-refractivity contribution in [2.24, 2.45) is 0 Å². The molecule has 0 radical (unpaired) electrons. The number of aryl methyl sites for hydroxylation is 1. The lowest BCUT2D eigenvalue weighted by Crippen LogP contribution is -2.53. The second-order valence-electron chi connectivity index (χ2n) is 10.1. The third kappa shape index (κ3) is 7.65. The van der Waals surface area contributed by atoms with Crippen LogP contribution in [0.1, 0.15) is 22.3 Å². The standard InChI is InChI=1S/C33H32F3N3O4S/c1-24-12-9-10-15-26(24)22-38(30(32(41)37-2)20-25-13-5-3-6-14-25)31(40)23-39(44(42,43)29-18-7-4-8-19-29)28-17-11-16-27(21-28)33(34,35)36/h3-19,21,30H,20,22-23H2,1-2H3,(H,37,41)/t30-/m1/s1. The number of sulfonamides is 1. The minimum Gasteiger partial charge on any atom is -0.357 e. The van der Waals surface area contributed by atoms with Crippen LogP contribution in [-0.2, 0) is 38.8 Å². The summed E-state index contributed by atoms with van der Waals surface area (Å²) in [7, 11) is -3.08. The minimum absolute atomic E-state index is 0.0434. The summed E-state index contributed by atoms with van der Waals surface area (Å²) >= 11 is 0. The summed E-state index contributed by atoms with van der Waals surface area (Å²) in [6, 6.07) is 26.2. The summed E-state index contributed by atoms with van der Waals surface area (Å²) < 4.78 is 69.5. The molecular weight excluding hydrogens is 591 g/mol. The lowest BCUT2D eigenvalue weighted by Gasteiger charge is -2.34. The van der Waals surface area contributed by atoms with Crippen molar-refractivity contribution >= 4 is 27.5 Å². The molecule has 0 aliphatic carbocycles. The molecule has 2 amide bonds. The number of carbonyl (C=O) groups is 2. The van der Waals surface area contributed by atoms with E-state index in [0.717, 1.165) is 28.8 Å². The zero-order chi connectivity index (χ0) is 31.9. The number of nitrogens with zero attached hydrogens (tertiary/aromatic N) is 2. The average Bonchev–Trinajstić information content (AvgIpc) is 3.02. The molecule has 0 heterocycles. The monoisotopic (exact) mass is 623 g/mol. The molecule has 44 heavy (non-hydrogen) atoms. The normalized spacial score (nSPS) is 12.3. The van der Waals surface area contributed by atoms with Gasteiger partial charge in [0.2, 0.25) is 11.8 Å². The number of likely N-dealkylation sites (N-methyl/N-ethyl adjacent to an activating group) is 1. The fraction of sp³-hybridized carbons (Fsp3) is 0.212. The van der Waals surface area contributed by atoms with E-state index in [1.54, 1.807) is 42.5 Å². The van der Waals surface area contributed by atoms with Crippen LogP contribution in [0.3, 0.4) is 0 Å². The van der Waals surface area contributed by atoms with Crippen LogP contribution >= 0.6 is 0 Å². The van der Waals surface area contributed by atoms with Gasteiger partial charge in [-0.3, -0.25) is 13.9 Å². The summed E-state index contributed by atoms with van der Waals surface area (Å²) in [5.74, 6) is -1.25. The molecule has 0 fully saturated rings. The van der Waals surface area contributed by atoms with Gasteiger partial charge >= 0.3 is 6.18 Å². The molecule has 7 nitrogen and oxygen atoms in total. The van der Waals surface area contributed by atoms with E-state index < -0.39 is 46.2 Å². The maximum Gasteiger partial charge on any atom is 0.416 e. The van der Waals surface area contributed by atoms with Crippen molar-refractivity contribution in [3.63, 3.8) is 0 Å². The highest BCUT2D eigenvalue weighted by Gasteiger charge is 2.36. The number of hydrogen-bond donors (Lipinski definition) is 1. The molecule has 0 bridgehead atoms. The second-order valence-corrected chi connectivity index (χ2v) is 12.0. The Hall–Kier alpha value is -4.64. The van der Waals surface area contributed by atoms with Gasteiger partial charge in [0.05, 0.1) is 16.1 Å². The molecule has 0 unspecified atom stereocenters. The number of carbonyl (C=O) groups excluding carboxylic acids is 2. The van der Waals surface area contributed by atoms with E-state index in [0.29, 0.717) is 10.4 Å². The lowest BCUT2D eigenvalue weighted by atomic mass is 10.0. The Morgan fingerprint density at radius 1 is 0.841 bits per heavy atom. The van der Waals surface area contributed by atoms with Crippen molar-refractivity contribution < 1.29 is 31.2 Å². The number of benzene rings is 4. The first-order chi connectivity index (χ1) is 20.9. The molecule has 4 aromatic rings. The highest BCUT2D eigenvalue weighted by atomic mass is 32.2. The van der Waals surface area contributed by atoms with Gasteiger partial charge in [0.1, 0.15) is 12.6 Å². The predicted molar refractivity (Wildman–Crippen MR) is 162 cm³/mol. The molecule has 230 valence electrons. The minimum atomic E-state index is -4.75. The number of halogens is 3. The molecule has 4 rings (SSSR count). The van der Waals surface area contributed by atoms with E-state index in [1.807, 2.05) is 25.1 Å². The summed E-state index contributed by atoms with van der Waals surface area (Å²) in [6.45, 7) is 0.948. The summed E-state index contributed by atoms with van der Waals surface area (Å²) in [5.41, 5.74) is 0.911. The Kier molecular flexibility index (Phi) is 10.1. The van der Waals surface area contributed by atoms with E-state index in [1.165, 1.54) is 42.3 Å². The Balaban J connectivity index is 1.83. The molecular formula is C33H32F3N3O4S. The van der Waals surface area contributed by atoms with Gasteiger partial charge in [0, 0.05) is 20.0 Å². The van der Waals surface area contributed by atoms with Crippen LogP contribution < -0.4 is 9.62 Å². The topological polar surface area (TPSA) is 86.8 Å². The van der Waals surface area contributed by atoms with E-state index in [-0.39, 0.29) is 23.5 Å². The fourth-order valence-electron chi connectivity index (χ4n) is 4.78. The van der Waals surface area contributed by atoms with Crippen molar-refractivity contribution in [1.29, 1.82) is 0 Å². The third-order valence-corrected chi connectivity index (χ3v) is 8.98. The molecule has 0 aliphatic heterocycles. The van der Waals surface area contributed by atoms with Gasteiger partial charge in [-0.25, -0.2) is 8.42 Å². The maximum atomic E-state index is 14.3. The SMILES string of the molecule is CNC(=O)[C@@H](Cc1ccccc1)N(Cc1ccccc1C)C(=O)CN(c1cccc(C(F)(F)F)c1)S(=O)(=O)c1ccccc1. The van der Waals surface area contributed by atoms with Gasteiger partial charge in [0.15, 0.2) is 0 Å². The van der Waals surface area contributed by atoms with Crippen molar-refractivity contribution in [2.45, 2.75) is 37.0 Å². The van der Waals surface area contributed by atoms with Crippen LogP contribution in [-0.4, -0.2) is 44.8 Å². The van der Waals surface area contributed by atoms with E-state index >= 15 is 0 Å². The molecule has 4 aromatic carbocycles. The van der Waals surface area contributed by atoms with Crippen LogP contribution in [0, 0.1) is 6.92 Å². The predicted octanol–water partition coefficient (Wildman–Crippen LogP) is 5.60. The highest BCUT2D eigenvalue weighted by Crippen LogP contribution is 2.33. The fourth-order valence-corrected chi connectivity index (χ4v) is 6.20. The number of anilines is 1. The smallest absolute Gasteiger partial charge is 0.357 e. The quantitative estimate of drug-likeness (QED) is 0.236. The van der Waals surface area contributed by atoms with Gasteiger partial charge < -0.3 is 10.2 Å². The van der Waals surface area contributed by atoms with Crippen molar-refractivity contribution in [1.82, 2.24) is 10.2 Å². The molecule has 1 N–H and O–H groups in total. The first-order valence-corrected chi connectivity index (χ1v) is 15.2.